The molecule has 110 valence electrons. The zero-order chi connectivity index (χ0) is 14.8. The predicted molar refractivity (Wildman–Crippen MR) is 89.9 cm³/mol. The Kier molecular flexibility index (Phi) is 4.12. The number of hydrogen-bond donors (Lipinski definition) is 1. The molecule has 0 radical (unpaired) electrons. The van der Waals surface area contributed by atoms with Crippen molar-refractivity contribution >= 4 is 0 Å². The molecule has 0 heterocycles. The lowest BCUT2D eigenvalue weighted by Crippen LogP contribution is -2.21. The van der Waals surface area contributed by atoms with E-state index in [0.29, 0.717) is 6.04 Å². The normalized spacial score (nSPS) is 16.5. The van der Waals surface area contributed by atoms with E-state index in [4.69, 9.17) is 0 Å². The van der Waals surface area contributed by atoms with Crippen LogP contribution in [0.15, 0.2) is 42.5 Å². The van der Waals surface area contributed by atoms with Crippen molar-refractivity contribution in [3.05, 3.63) is 70.3 Å². The molecule has 0 spiro atoms. The van der Waals surface area contributed by atoms with E-state index in [0.717, 1.165) is 5.92 Å². The molecule has 1 saturated carbocycles. The molecule has 1 atom stereocenters. The molecule has 0 aliphatic heterocycles. The van der Waals surface area contributed by atoms with Crippen LogP contribution < -0.4 is 5.32 Å². The summed E-state index contributed by atoms with van der Waals surface area (Å²) in [6, 6.07) is 16.1. The van der Waals surface area contributed by atoms with Gasteiger partial charge in [0.25, 0.3) is 0 Å². The van der Waals surface area contributed by atoms with Crippen molar-refractivity contribution in [3.8, 4) is 0 Å². The van der Waals surface area contributed by atoms with E-state index in [9.17, 15) is 0 Å². The van der Waals surface area contributed by atoms with Gasteiger partial charge < -0.3 is 5.32 Å². The van der Waals surface area contributed by atoms with Crippen molar-refractivity contribution in [3.63, 3.8) is 0 Å². The van der Waals surface area contributed by atoms with Crippen LogP contribution in [0.2, 0.25) is 0 Å². The van der Waals surface area contributed by atoms with Crippen LogP contribution >= 0.6 is 0 Å². The van der Waals surface area contributed by atoms with E-state index in [2.05, 4.69) is 68.7 Å². The molecular formula is C20H25N. The fraction of sp³-hybridized carbons (Fsp3) is 0.400. The van der Waals surface area contributed by atoms with Crippen LogP contribution in [0.5, 0.6) is 0 Å². The fourth-order valence-corrected chi connectivity index (χ4v) is 3.31. The van der Waals surface area contributed by atoms with Gasteiger partial charge in [0.1, 0.15) is 0 Å². The Morgan fingerprint density at radius 3 is 2.38 bits per heavy atom. The maximum atomic E-state index is 3.52. The summed E-state index contributed by atoms with van der Waals surface area (Å²) in [6.45, 7) is 4.37. The third kappa shape index (κ3) is 2.75. The van der Waals surface area contributed by atoms with Gasteiger partial charge in [-0.3, -0.25) is 0 Å². The molecule has 1 heteroatoms. The van der Waals surface area contributed by atoms with Gasteiger partial charge in [-0.1, -0.05) is 48.9 Å². The smallest absolute Gasteiger partial charge is 0.0577 e. The van der Waals surface area contributed by atoms with E-state index < -0.39 is 0 Å². The highest BCUT2D eigenvalue weighted by molar-refractivity contribution is 5.42. The van der Waals surface area contributed by atoms with E-state index in [1.807, 2.05) is 0 Å². The second-order valence-corrected chi connectivity index (χ2v) is 6.32. The summed E-state index contributed by atoms with van der Waals surface area (Å²) in [7, 11) is 2.07. The molecule has 0 bridgehead atoms. The average Bonchev–Trinajstić information content (AvgIpc) is 2.43. The topological polar surface area (TPSA) is 12.0 Å². The number of nitrogens with one attached hydrogen (secondary N) is 1. The van der Waals surface area contributed by atoms with Gasteiger partial charge in [-0.05, 0) is 67.5 Å². The third-order valence-electron chi connectivity index (χ3n) is 5.00. The summed E-state index contributed by atoms with van der Waals surface area (Å²) in [5, 5.41) is 3.52. The second kappa shape index (κ2) is 6.03. The summed E-state index contributed by atoms with van der Waals surface area (Å²) in [4.78, 5) is 0. The van der Waals surface area contributed by atoms with Gasteiger partial charge in [0.2, 0.25) is 0 Å². The number of rotatable bonds is 4. The molecule has 1 aliphatic rings. The molecule has 1 nitrogen and oxygen atoms in total. The highest BCUT2D eigenvalue weighted by atomic mass is 14.9. The Labute approximate surface area is 128 Å². The Morgan fingerprint density at radius 1 is 1.00 bits per heavy atom. The maximum absolute atomic E-state index is 3.52. The molecule has 1 N–H and O–H groups in total. The summed E-state index contributed by atoms with van der Waals surface area (Å²) in [5.41, 5.74) is 7.09. The van der Waals surface area contributed by atoms with Gasteiger partial charge in [-0.15, -0.1) is 0 Å². The first-order valence-electron chi connectivity index (χ1n) is 8.04. The van der Waals surface area contributed by atoms with Crippen molar-refractivity contribution in [2.75, 3.05) is 7.05 Å². The minimum absolute atomic E-state index is 0.293. The summed E-state index contributed by atoms with van der Waals surface area (Å²) < 4.78 is 0. The lowest BCUT2D eigenvalue weighted by Gasteiger charge is -2.30. The van der Waals surface area contributed by atoms with Crippen molar-refractivity contribution < 1.29 is 0 Å². The number of benzene rings is 2. The molecule has 2 aromatic carbocycles. The summed E-state index contributed by atoms with van der Waals surface area (Å²) in [6.07, 6.45) is 4.08. The van der Waals surface area contributed by atoms with Gasteiger partial charge in [-0.25, -0.2) is 0 Å². The Morgan fingerprint density at radius 2 is 1.76 bits per heavy atom. The zero-order valence-corrected chi connectivity index (χ0v) is 13.3. The van der Waals surface area contributed by atoms with Gasteiger partial charge in [0.15, 0.2) is 0 Å². The SMILES string of the molecule is CNC(c1ccc(C)c(C)c1)c1ccccc1C1CCC1. The van der Waals surface area contributed by atoms with Crippen LogP contribution in [0.3, 0.4) is 0 Å². The van der Waals surface area contributed by atoms with Gasteiger partial charge in [0.05, 0.1) is 6.04 Å². The number of aryl methyl sites for hydroxylation is 2. The standard InChI is InChI=1S/C20H25N/c1-14-11-12-17(13-15(14)2)20(21-3)19-10-5-4-9-18(19)16-7-6-8-16/h4-5,9-13,16,20-21H,6-8H2,1-3H3. The molecule has 1 unspecified atom stereocenters. The quantitative estimate of drug-likeness (QED) is 0.841. The highest BCUT2D eigenvalue weighted by Crippen LogP contribution is 2.40. The molecule has 3 rings (SSSR count). The summed E-state index contributed by atoms with van der Waals surface area (Å²) in [5.74, 6) is 0.767. The van der Waals surface area contributed by atoms with Crippen molar-refractivity contribution in [2.24, 2.45) is 0 Å². The first-order chi connectivity index (χ1) is 10.2. The maximum Gasteiger partial charge on any atom is 0.0577 e. The van der Waals surface area contributed by atoms with E-state index in [-0.39, 0.29) is 0 Å². The van der Waals surface area contributed by atoms with E-state index in [1.165, 1.54) is 41.5 Å². The van der Waals surface area contributed by atoms with Crippen LogP contribution in [0, 0.1) is 13.8 Å². The summed E-state index contributed by atoms with van der Waals surface area (Å²) >= 11 is 0. The molecule has 21 heavy (non-hydrogen) atoms. The van der Waals surface area contributed by atoms with Crippen molar-refractivity contribution in [1.29, 1.82) is 0 Å². The van der Waals surface area contributed by atoms with E-state index in [1.54, 1.807) is 5.56 Å². The van der Waals surface area contributed by atoms with Crippen LogP contribution in [0.25, 0.3) is 0 Å². The monoisotopic (exact) mass is 279 g/mol. The first kappa shape index (κ1) is 14.3. The average molecular weight is 279 g/mol. The number of hydrogen-bond acceptors (Lipinski definition) is 1. The van der Waals surface area contributed by atoms with Crippen LogP contribution in [-0.4, -0.2) is 7.05 Å². The Hall–Kier alpha value is -1.60. The van der Waals surface area contributed by atoms with Crippen molar-refractivity contribution in [2.45, 2.75) is 45.1 Å². The molecular weight excluding hydrogens is 254 g/mol. The molecule has 0 aromatic heterocycles. The minimum atomic E-state index is 0.293. The molecule has 1 aliphatic carbocycles. The van der Waals surface area contributed by atoms with Crippen molar-refractivity contribution in [1.82, 2.24) is 5.32 Å². The first-order valence-corrected chi connectivity index (χ1v) is 8.04. The third-order valence-corrected chi connectivity index (χ3v) is 5.00. The molecule has 0 saturated heterocycles. The van der Waals surface area contributed by atoms with Gasteiger partial charge in [-0.2, -0.15) is 0 Å². The predicted octanol–water partition coefficient (Wildman–Crippen LogP) is 4.88. The Bertz CT molecular complexity index is 625. The lowest BCUT2D eigenvalue weighted by atomic mass is 9.76. The van der Waals surface area contributed by atoms with Crippen LogP contribution in [-0.2, 0) is 0 Å². The molecule has 1 fully saturated rings. The lowest BCUT2D eigenvalue weighted by molar-refractivity contribution is 0.415. The van der Waals surface area contributed by atoms with Crippen LogP contribution in [0.1, 0.15) is 59.0 Å². The van der Waals surface area contributed by atoms with Gasteiger partial charge >= 0.3 is 0 Å². The van der Waals surface area contributed by atoms with Crippen LogP contribution in [0.4, 0.5) is 0 Å². The molecule has 0 amide bonds. The van der Waals surface area contributed by atoms with Gasteiger partial charge in [0, 0.05) is 0 Å². The second-order valence-electron chi connectivity index (χ2n) is 6.32. The Balaban J connectivity index is 2.01. The van der Waals surface area contributed by atoms with E-state index >= 15 is 0 Å². The molecule has 2 aromatic rings. The zero-order valence-electron chi connectivity index (χ0n) is 13.3. The largest absolute Gasteiger partial charge is 0.309 e. The fourth-order valence-electron chi connectivity index (χ4n) is 3.31. The highest BCUT2D eigenvalue weighted by Gasteiger charge is 2.25. The minimum Gasteiger partial charge on any atom is -0.309 e.